The monoisotopic (exact) mass is 572 g/mol. The van der Waals surface area contributed by atoms with Gasteiger partial charge in [-0.15, -0.1) is 0 Å². The van der Waals surface area contributed by atoms with Crippen molar-refractivity contribution < 1.29 is 33.4 Å². The molecule has 4 atom stereocenters. The number of nitrogens with one attached hydrogen (secondary N) is 2. The number of nitrogens with zero attached hydrogens (tertiary/aromatic N) is 1. The van der Waals surface area contributed by atoms with Crippen LogP contribution in [0.25, 0.3) is 0 Å². The average Bonchev–Trinajstić information content (AvgIpc) is 3.49. The van der Waals surface area contributed by atoms with Gasteiger partial charge in [0.25, 0.3) is 0 Å². The van der Waals surface area contributed by atoms with Gasteiger partial charge in [0.1, 0.15) is 22.9 Å². The number of primary amides is 1. The lowest BCUT2D eigenvalue weighted by atomic mass is 9.69. The van der Waals surface area contributed by atoms with E-state index in [4.69, 9.17) is 19.9 Å². The van der Waals surface area contributed by atoms with Crippen LogP contribution in [-0.2, 0) is 35.1 Å². The van der Waals surface area contributed by atoms with E-state index >= 15 is 0 Å². The predicted octanol–water partition coefficient (Wildman–Crippen LogP) is 0.969. The Balaban J connectivity index is 1.62. The van der Waals surface area contributed by atoms with Gasteiger partial charge in [-0.05, 0) is 43.9 Å². The first-order chi connectivity index (χ1) is 19.6. The van der Waals surface area contributed by atoms with Gasteiger partial charge in [-0.1, -0.05) is 37.8 Å². The van der Waals surface area contributed by atoms with Crippen molar-refractivity contribution >= 4 is 23.5 Å². The van der Waals surface area contributed by atoms with Crippen molar-refractivity contribution in [1.82, 2.24) is 15.5 Å². The van der Waals surface area contributed by atoms with Crippen molar-refractivity contribution in [3.8, 4) is 5.75 Å². The van der Waals surface area contributed by atoms with Crippen LogP contribution in [0.5, 0.6) is 5.75 Å². The summed E-state index contributed by atoms with van der Waals surface area (Å²) < 4.78 is 16.1. The number of ether oxygens (including phenoxy) is 3. The van der Waals surface area contributed by atoms with Gasteiger partial charge in [0.2, 0.25) is 17.7 Å². The van der Waals surface area contributed by atoms with E-state index in [1.54, 1.807) is 45.2 Å². The largest absolute Gasteiger partial charge is 0.497 e. The summed E-state index contributed by atoms with van der Waals surface area (Å²) in [5, 5.41) is 5.64. The number of ketones is 1. The van der Waals surface area contributed by atoms with Gasteiger partial charge in [-0.25, -0.2) is 0 Å². The molecule has 0 bridgehead atoms. The normalized spacial score (nSPS) is 24.1. The Morgan fingerprint density at radius 1 is 1.15 bits per heavy atom. The highest BCUT2D eigenvalue weighted by molar-refractivity contribution is 6.01. The lowest BCUT2D eigenvalue weighted by Crippen LogP contribution is -2.68. The zero-order valence-corrected chi connectivity index (χ0v) is 24.4. The van der Waals surface area contributed by atoms with Crippen LogP contribution in [0.4, 0.5) is 0 Å². The second-order valence-corrected chi connectivity index (χ2v) is 11.8. The zero-order chi connectivity index (χ0) is 29.6. The van der Waals surface area contributed by atoms with Gasteiger partial charge >= 0.3 is 0 Å². The minimum atomic E-state index is -1.73. The molecule has 11 heteroatoms. The molecule has 1 aromatic rings. The van der Waals surface area contributed by atoms with E-state index < -0.39 is 34.9 Å². The number of hydrogen-bond acceptors (Lipinski definition) is 8. The Bertz CT molecular complexity index is 1090. The van der Waals surface area contributed by atoms with Crippen LogP contribution >= 0.6 is 0 Å². The molecule has 1 aliphatic carbocycles. The highest BCUT2D eigenvalue weighted by Gasteiger charge is 2.58. The number of morpholine rings is 1. The second kappa shape index (κ2) is 13.3. The number of amides is 3. The summed E-state index contributed by atoms with van der Waals surface area (Å²) in [6, 6.07) is 6.14. The summed E-state index contributed by atoms with van der Waals surface area (Å²) in [5.41, 5.74) is 4.10. The molecular formula is C30H44N4O7. The molecule has 0 radical (unpaired) electrons. The van der Waals surface area contributed by atoms with Gasteiger partial charge in [0, 0.05) is 19.5 Å². The molecule has 3 fully saturated rings. The smallest absolute Gasteiger partial charge is 0.244 e. The fourth-order valence-corrected chi connectivity index (χ4v) is 6.01. The van der Waals surface area contributed by atoms with Crippen molar-refractivity contribution in [3.05, 3.63) is 29.8 Å². The van der Waals surface area contributed by atoms with Crippen LogP contribution in [0.2, 0.25) is 0 Å². The lowest BCUT2D eigenvalue weighted by molar-refractivity contribution is -0.142. The van der Waals surface area contributed by atoms with E-state index in [9.17, 15) is 19.2 Å². The van der Waals surface area contributed by atoms with Crippen LogP contribution < -0.4 is 21.1 Å². The third kappa shape index (κ3) is 7.64. The summed E-state index contributed by atoms with van der Waals surface area (Å²) in [6.07, 6.45) is 4.42. The van der Waals surface area contributed by atoms with Crippen LogP contribution in [0.3, 0.4) is 0 Å². The molecule has 11 nitrogen and oxygen atoms in total. The van der Waals surface area contributed by atoms with Gasteiger partial charge in [0.15, 0.2) is 5.78 Å². The van der Waals surface area contributed by atoms with Crippen LogP contribution in [0, 0.1) is 11.8 Å². The lowest BCUT2D eigenvalue weighted by Gasteiger charge is -2.40. The molecule has 2 saturated heterocycles. The molecule has 0 aromatic heterocycles. The number of nitrogens with two attached hydrogens (primary N) is 1. The molecule has 4 rings (SSSR count). The number of epoxide rings is 1. The fraction of sp³-hybridized carbons (Fsp3) is 0.667. The molecule has 2 heterocycles. The number of carbonyl (C=O) groups is 4. The fourth-order valence-electron chi connectivity index (χ4n) is 6.01. The van der Waals surface area contributed by atoms with E-state index in [1.165, 1.54) is 0 Å². The Hall–Kier alpha value is -3.02. The molecule has 3 aliphatic rings. The first kappa shape index (κ1) is 30.9. The number of Topliss-reactive ketones (excluding diaryl/α,β-unsaturated/α-hetero) is 1. The van der Waals surface area contributed by atoms with Crippen molar-refractivity contribution in [2.75, 3.05) is 46.6 Å². The summed E-state index contributed by atoms with van der Waals surface area (Å²) >= 11 is 0. The number of carbonyl (C=O) groups excluding carboxylic acids is 4. The maximum atomic E-state index is 14.0. The van der Waals surface area contributed by atoms with E-state index in [2.05, 4.69) is 10.6 Å². The van der Waals surface area contributed by atoms with Crippen LogP contribution in [-0.4, -0.2) is 92.2 Å². The van der Waals surface area contributed by atoms with Gasteiger partial charge < -0.3 is 30.6 Å². The number of rotatable bonds is 14. The second-order valence-electron chi connectivity index (χ2n) is 11.8. The minimum Gasteiger partial charge on any atom is -0.497 e. The molecule has 41 heavy (non-hydrogen) atoms. The Labute approximate surface area is 241 Å². The molecule has 0 spiro atoms. The average molecular weight is 573 g/mol. The number of methoxy groups -OCH3 is 1. The Morgan fingerprint density at radius 3 is 2.34 bits per heavy atom. The van der Waals surface area contributed by atoms with E-state index in [0.717, 1.165) is 25.7 Å². The van der Waals surface area contributed by atoms with E-state index in [0.29, 0.717) is 44.0 Å². The van der Waals surface area contributed by atoms with E-state index in [1.807, 2.05) is 4.90 Å². The van der Waals surface area contributed by atoms with Gasteiger partial charge in [-0.2, -0.15) is 0 Å². The molecule has 226 valence electrons. The molecular weight excluding hydrogens is 528 g/mol. The summed E-state index contributed by atoms with van der Waals surface area (Å²) in [4.78, 5) is 55.9. The first-order valence-corrected chi connectivity index (χ1v) is 14.6. The highest BCUT2D eigenvalue weighted by Crippen LogP contribution is 2.41. The predicted molar refractivity (Wildman–Crippen MR) is 151 cm³/mol. The Morgan fingerprint density at radius 2 is 1.78 bits per heavy atom. The summed E-state index contributed by atoms with van der Waals surface area (Å²) in [5.74, 6) is -1.97. The maximum Gasteiger partial charge on any atom is 0.244 e. The third-order valence-electron chi connectivity index (χ3n) is 8.72. The number of hydrogen-bond donors (Lipinski definition) is 3. The van der Waals surface area contributed by atoms with Crippen molar-refractivity contribution in [3.63, 3.8) is 0 Å². The summed E-state index contributed by atoms with van der Waals surface area (Å²) in [7, 11) is 1.56. The minimum absolute atomic E-state index is 0.00567. The highest BCUT2D eigenvalue weighted by atomic mass is 16.6. The molecule has 1 aromatic carbocycles. The van der Waals surface area contributed by atoms with E-state index in [-0.39, 0.29) is 37.2 Å². The standard InChI is InChI=1S/C30H44N4O7/c1-20(32-25(35)18-34-12-14-40-15-13-34)27(37)33-30(28(31)38,17-22-8-10-23(39-3)11-9-22)24(16-21-6-4-5-7-21)26(36)29(2)19-41-29/h8-11,20-21,24H,4-7,12-19H2,1-3H3,(H2,31,38)(H,32,35)(H,33,37)/t20-,24+,29+,30?/m0/s1. The van der Waals surface area contributed by atoms with Gasteiger partial charge in [0.05, 0.1) is 39.4 Å². The van der Waals surface area contributed by atoms with Crippen molar-refractivity contribution in [2.45, 2.75) is 69.6 Å². The maximum absolute atomic E-state index is 14.0. The Kier molecular flexibility index (Phi) is 10.0. The van der Waals surface area contributed by atoms with Crippen LogP contribution in [0.1, 0.15) is 51.5 Å². The molecule has 1 unspecified atom stereocenters. The van der Waals surface area contributed by atoms with Crippen LogP contribution in [0.15, 0.2) is 24.3 Å². The van der Waals surface area contributed by atoms with Gasteiger partial charge in [-0.3, -0.25) is 24.1 Å². The molecule has 4 N–H and O–H groups in total. The van der Waals surface area contributed by atoms with Crippen molar-refractivity contribution in [1.29, 1.82) is 0 Å². The topological polar surface area (TPSA) is 153 Å². The SMILES string of the molecule is COc1ccc(CC(NC(=O)[C@H](C)NC(=O)CN2CCOCC2)(C(N)=O)[C@H](CC2CCCC2)C(=O)[C@@]2(C)CO2)cc1. The first-order valence-electron chi connectivity index (χ1n) is 14.6. The summed E-state index contributed by atoms with van der Waals surface area (Å²) in [6.45, 7) is 6.03. The zero-order valence-electron chi connectivity index (χ0n) is 24.4. The van der Waals surface area contributed by atoms with Crippen molar-refractivity contribution in [2.24, 2.45) is 17.6 Å². The molecule has 2 aliphatic heterocycles. The number of benzene rings is 1. The molecule has 1 saturated carbocycles. The molecule has 3 amide bonds. The third-order valence-corrected chi connectivity index (χ3v) is 8.72. The quantitative estimate of drug-likeness (QED) is 0.279.